The first kappa shape index (κ1) is 32.1. The predicted molar refractivity (Wildman–Crippen MR) is 134 cm³/mol. The van der Waals surface area contributed by atoms with Crippen LogP contribution in [0.15, 0.2) is 94.1 Å². The molecule has 2 aromatic carbocycles. The highest BCUT2D eigenvalue weighted by Gasteiger charge is 2.43. The van der Waals surface area contributed by atoms with Gasteiger partial charge in [-0.2, -0.15) is 25.3 Å². The fraction of sp³-hybridized carbons (Fsp3) is 0. The summed E-state index contributed by atoms with van der Waals surface area (Å²) in [5, 5.41) is 27.8. The fourth-order valence-electron chi connectivity index (χ4n) is 2.88. The zero-order valence-electron chi connectivity index (χ0n) is 19.7. The highest BCUT2D eigenvalue weighted by atomic mass is 32.2. The number of carboxylic acid groups (broad SMARTS) is 3. The van der Waals surface area contributed by atoms with Crippen LogP contribution in [0.4, 0.5) is 0 Å². The smallest absolute Gasteiger partial charge is 0.478 e. The van der Waals surface area contributed by atoms with Gasteiger partial charge in [-0.15, -0.1) is 0 Å². The highest BCUT2D eigenvalue weighted by molar-refractivity contribution is 7.92. The van der Waals surface area contributed by atoms with Gasteiger partial charge >= 0.3 is 25.2 Å². The van der Waals surface area contributed by atoms with Crippen LogP contribution in [0.3, 0.4) is 0 Å². The summed E-state index contributed by atoms with van der Waals surface area (Å²) in [4.78, 5) is 31.0. The van der Waals surface area contributed by atoms with E-state index in [4.69, 9.17) is 0 Å². The van der Waals surface area contributed by atoms with Gasteiger partial charge in [-0.25, -0.2) is 14.4 Å². The van der Waals surface area contributed by atoms with Crippen molar-refractivity contribution in [3.05, 3.63) is 95.4 Å². The molecular formula is C21H17BO15S3. The SMILES string of the molecule is C=C/C(C(=O)O)=C(\C=C)S(=O)(=O)OB(OS(=O)(=O)c1ccccc1C(=O)O)OS(=O)(=O)c1ccccc1C(=O)O. The average molecular weight is 616 g/mol. The Kier molecular flexibility index (Phi) is 9.92. The van der Waals surface area contributed by atoms with Gasteiger partial charge in [-0.1, -0.05) is 43.5 Å². The van der Waals surface area contributed by atoms with Gasteiger partial charge in [0.1, 0.15) is 14.7 Å². The summed E-state index contributed by atoms with van der Waals surface area (Å²) in [5.41, 5.74) is -2.80. The van der Waals surface area contributed by atoms with Crippen molar-refractivity contribution < 1.29 is 67.3 Å². The first-order valence-electron chi connectivity index (χ1n) is 10.2. The molecule has 0 spiro atoms. The molecule has 15 nitrogen and oxygen atoms in total. The Morgan fingerprint density at radius 3 is 1.40 bits per heavy atom. The summed E-state index contributed by atoms with van der Waals surface area (Å²) >= 11 is 0. The van der Waals surface area contributed by atoms with Crippen molar-refractivity contribution in [1.29, 1.82) is 0 Å². The largest absolute Gasteiger partial charge is 0.685 e. The topological polar surface area (TPSA) is 242 Å². The Balaban J connectivity index is 2.73. The first-order valence-corrected chi connectivity index (χ1v) is 14.4. The molecule has 0 aliphatic heterocycles. The van der Waals surface area contributed by atoms with E-state index in [1.165, 1.54) is 0 Å². The number of carboxylic acids is 3. The number of rotatable bonds is 14. The van der Waals surface area contributed by atoms with E-state index in [1.807, 2.05) is 0 Å². The van der Waals surface area contributed by atoms with Crippen LogP contribution >= 0.6 is 0 Å². The minimum atomic E-state index is -5.49. The average Bonchev–Trinajstić information content (AvgIpc) is 2.85. The molecule has 0 saturated heterocycles. The molecule has 212 valence electrons. The van der Waals surface area contributed by atoms with Crippen molar-refractivity contribution in [2.75, 3.05) is 0 Å². The van der Waals surface area contributed by atoms with Gasteiger partial charge in [-0.05, 0) is 30.3 Å². The maximum atomic E-state index is 12.9. The van der Waals surface area contributed by atoms with Crippen LogP contribution in [-0.4, -0.2) is 65.8 Å². The van der Waals surface area contributed by atoms with E-state index >= 15 is 0 Å². The monoisotopic (exact) mass is 616 g/mol. The third-order valence-electron chi connectivity index (χ3n) is 4.54. The summed E-state index contributed by atoms with van der Waals surface area (Å²) in [6.45, 7) is 6.24. The zero-order valence-corrected chi connectivity index (χ0v) is 22.2. The lowest BCUT2D eigenvalue weighted by atomic mass is 10.2. The predicted octanol–water partition coefficient (Wildman–Crippen LogP) is 1.24. The van der Waals surface area contributed by atoms with Gasteiger partial charge in [0.05, 0.1) is 16.7 Å². The van der Waals surface area contributed by atoms with Crippen molar-refractivity contribution in [2.45, 2.75) is 9.79 Å². The van der Waals surface area contributed by atoms with Crippen molar-refractivity contribution in [3.63, 3.8) is 0 Å². The molecule has 3 N–H and O–H groups in total. The Morgan fingerprint density at radius 1 is 0.675 bits per heavy atom. The van der Waals surface area contributed by atoms with Gasteiger partial charge in [-0.3, -0.25) is 12.3 Å². The van der Waals surface area contributed by atoms with Crippen LogP contribution in [-0.2, 0) is 47.5 Å². The Labute approximate surface area is 227 Å². The lowest BCUT2D eigenvalue weighted by molar-refractivity contribution is -0.132. The first-order chi connectivity index (χ1) is 18.5. The number of hydrogen-bond acceptors (Lipinski definition) is 12. The second-order valence-corrected chi connectivity index (χ2v) is 11.7. The Morgan fingerprint density at radius 2 is 1.07 bits per heavy atom. The Bertz CT molecular complexity index is 1650. The van der Waals surface area contributed by atoms with Gasteiger partial charge in [0.25, 0.3) is 30.4 Å². The molecule has 0 aromatic heterocycles. The molecule has 0 saturated carbocycles. The van der Waals surface area contributed by atoms with E-state index in [2.05, 4.69) is 25.5 Å². The van der Waals surface area contributed by atoms with Gasteiger partial charge in [0.15, 0.2) is 0 Å². The van der Waals surface area contributed by atoms with E-state index in [1.54, 1.807) is 0 Å². The summed E-state index contributed by atoms with van der Waals surface area (Å²) < 4.78 is 90.9. The molecule has 0 atom stereocenters. The minimum Gasteiger partial charge on any atom is -0.478 e. The molecule has 0 aliphatic carbocycles. The third kappa shape index (κ3) is 7.28. The molecule has 0 fully saturated rings. The lowest BCUT2D eigenvalue weighted by Crippen LogP contribution is -2.36. The molecule has 40 heavy (non-hydrogen) atoms. The van der Waals surface area contributed by atoms with Gasteiger partial charge < -0.3 is 15.3 Å². The van der Waals surface area contributed by atoms with Crippen molar-refractivity contribution in [2.24, 2.45) is 0 Å². The van der Waals surface area contributed by atoms with Crippen LogP contribution < -0.4 is 0 Å². The number of benzene rings is 2. The number of aliphatic carboxylic acids is 1. The van der Waals surface area contributed by atoms with Crippen molar-refractivity contribution in [3.8, 4) is 0 Å². The summed E-state index contributed by atoms with van der Waals surface area (Å²) in [5.74, 6) is -5.40. The van der Waals surface area contributed by atoms with E-state index in [9.17, 15) is 55.0 Å². The summed E-state index contributed by atoms with van der Waals surface area (Å²) in [7, 11) is -19.6. The van der Waals surface area contributed by atoms with Crippen LogP contribution in [0.1, 0.15) is 20.7 Å². The number of allylic oxidation sites excluding steroid dienone is 1. The molecular weight excluding hydrogens is 599 g/mol. The normalized spacial score (nSPS) is 12.6. The van der Waals surface area contributed by atoms with Crippen LogP contribution in [0.5, 0.6) is 0 Å². The molecule has 0 heterocycles. The number of carbonyl (C=O) groups is 3. The summed E-state index contributed by atoms with van der Waals surface area (Å²) in [6.07, 6.45) is 0.997. The van der Waals surface area contributed by atoms with Crippen LogP contribution in [0, 0.1) is 0 Å². The van der Waals surface area contributed by atoms with Gasteiger partial charge in [0, 0.05) is 0 Å². The molecule has 0 aliphatic rings. The zero-order chi connectivity index (χ0) is 30.5. The molecule has 2 aromatic rings. The maximum absolute atomic E-state index is 12.9. The number of aromatic carboxylic acids is 2. The fourth-order valence-corrected chi connectivity index (χ4v) is 6.18. The molecule has 0 amide bonds. The Hall–Kier alpha value is -4.14. The van der Waals surface area contributed by atoms with Gasteiger partial charge in [0.2, 0.25) is 0 Å². The van der Waals surface area contributed by atoms with Crippen molar-refractivity contribution in [1.82, 2.24) is 0 Å². The van der Waals surface area contributed by atoms with E-state index in [-0.39, 0.29) is 0 Å². The maximum Gasteiger partial charge on any atom is 0.685 e. The second-order valence-electron chi connectivity index (χ2n) is 7.03. The second kappa shape index (κ2) is 12.4. The molecule has 2 rings (SSSR count). The highest BCUT2D eigenvalue weighted by Crippen LogP contribution is 2.26. The molecule has 0 radical (unpaired) electrons. The van der Waals surface area contributed by atoms with Crippen LogP contribution in [0.25, 0.3) is 0 Å². The van der Waals surface area contributed by atoms with E-state index < -0.39 is 87.0 Å². The van der Waals surface area contributed by atoms with Crippen molar-refractivity contribution >= 4 is 55.6 Å². The van der Waals surface area contributed by atoms with Crippen LogP contribution in [0.2, 0.25) is 0 Å². The molecule has 19 heteroatoms. The molecule has 0 bridgehead atoms. The minimum absolute atomic E-state index is 0.444. The third-order valence-corrected chi connectivity index (χ3v) is 8.49. The van der Waals surface area contributed by atoms with E-state index in [0.29, 0.717) is 24.3 Å². The van der Waals surface area contributed by atoms with E-state index in [0.717, 1.165) is 36.4 Å². The number of hydrogen-bond donors (Lipinski definition) is 3. The summed E-state index contributed by atoms with van der Waals surface area (Å²) in [6, 6.07) is 7.46. The standard InChI is InChI=1S/C21H17BO15S3/c1-3-13(19(23)24)16(4-2)38(29,30)35-22(36-39(31,32)17-11-7-5-9-14(17)20(25)26)37-40(33,34)18-12-8-6-10-15(18)21(27)28/h3-12H,1-2H2,(H,23,24)(H,25,26)(H,27,28)/b16-13-. The molecule has 0 unspecified atom stereocenters. The lowest BCUT2D eigenvalue weighted by Gasteiger charge is -2.16. The quantitative estimate of drug-likeness (QED) is 0.154.